The van der Waals surface area contributed by atoms with E-state index >= 15 is 0 Å². The number of para-hydroxylation sites is 1. The van der Waals surface area contributed by atoms with E-state index in [9.17, 15) is 4.79 Å². The minimum Gasteiger partial charge on any atom is -0.464 e. The summed E-state index contributed by atoms with van der Waals surface area (Å²) in [5.74, 6) is 1.07. The van der Waals surface area contributed by atoms with Crippen LogP contribution in [0, 0.1) is 18.8 Å². The van der Waals surface area contributed by atoms with Gasteiger partial charge in [-0.25, -0.2) is 4.79 Å². The maximum Gasteiger partial charge on any atom is 0.331 e. The lowest BCUT2D eigenvalue weighted by Crippen LogP contribution is -2.52. The third kappa shape index (κ3) is 3.39. The van der Waals surface area contributed by atoms with Crippen LogP contribution in [0.1, 0.15) is 45.6 Å². The molecule has 1 saturated carbocycles. The molecule has 3 heteroatoms. The molecular formula is C18H27NO2. The highest BCUT2D eigenvalue weighted by Gasteiger charge is 2.45. The zero-order chi connectivity index (χ0) is 15.5. The van der Waals surface area contributed by atoms with Gasteiger partial charge in [-0.3, -0.25) is 0 Å². The first-order valence-electron chi connectivity index (χ1n) is 7.99. The van der Waals surface area contributed by atoms with Gasteiger partial charge >= 0.3 is 5.97 Å². The van der Waals surface area contributed by atoms with E-state index in [-0.39, 0.29) is 5.97 Å². The summed E-state index contributed by atoms with van der Waals surface area (Å²) in [6.45, 7) is 8.87. The molecule has 1 aromatic rings. The van der Waals surface area contributed by atoms with Crippen molar-refractivity contribution in [3.8, 4) is 0 Å². The fourth-order valence-electron chi connectivity index (χ4n) is 3.20. The van der Waals surface area contributed by atoms with Crippen LogP contribution < -0.4 is 5.32 Å². The van der Waals surface area contributed by atoms with Crippen LogP contribution in [0.2, 0.25) is 0 Å². The van der Waals surface area contributed by atoms with E-state index in [1.807, 2.05) is 25.1 Å². The summed E-state index contributed by atoms with van der Waals surface area (Å²) in [5.41, 5.74) is 1.62. The molecule has 1 aliphatic carbocycles. The Bertz CT molecular complexity index is 500. The maximum absolute atomic E-state index is 12.6. The van der Waals surface area contributed by atoms with Gasteiger partial charge in [0.1, 0.15) is 5.54 Å². The number of hydrogen-bond donors (Lipinski definition) is 1. The Labute approximate surface area is 128 Å². The van der Waals surface area contributed by atoms with Crippen molar-refractivity contribution < 1.29 is 9.53 Å². The molecule has 0 bridgehead atoms. The largest absolute Gasteiger partial charge is 0.464 e. The summed E-state index contributed by atoms with van der Waals surface area (Å²) in [4.78, 5) is 12.6. The van der Waals surface area contributed by atoms with Gasteiger partial charge in [0.15, 0.2) is 0 Å². The lowest BCUT2D eigenvalue weighted by Gasteiger charge is -2.42. The van der Waals surface area contributed by atoms with Crippen molar-refractivity contribution in [3.63, 3.8) is 0 Å². The smallest absolute Gasteiger partial charge is 0.331 e. The normalized spacial score (nSPS) is 29.0. The Morgan fingerprint density at radius 2 is 2.05 bits per heavy atom. The van der Waals surface area contributed by atoms with Crippen molar-refractivity contribution in [1.29, 1.82) is 0 Å². The third-order valence-corrected chi connectivity index (χ3v) is 4.85. The van der Waals surface area contributed by atoms with E-state index in [0.717, 1.165) is 30.5 Å². The number of benzene rings is 1. The SMILES string of the molecule is CCOC(=O)C1(Nc2ccccc2C)CCC(C)C(C)C1. The fraction of sp³-hybridized carbons (Fsp3) is 0.611. The van der Waals surface area contributed by atoms with Gasteiger partial charge in [0.05, 0.1) is 6.61 Å². The first kappa shape index (κ1) is 15.9. The topological polar surface area (TPSA) is 38.3 Å². The molecule has 0 amide bonds. The van der Waals surface area contributed by atoms with Gasteiger partial charge in [0.25, 0.3) is 0 Å². The molecule has 0 aliphatic heterocycles. The van der Waals surface area contributed by atoms with Gasteiger partial charge < -0.3 is 10.1 Å². The predicted molar refractivity (Wildman–Crippen MR) is 86.3 cm³/mol. The molecule has 0 spiro atoms. The average molecular weight is 289 g/mol. The van der Waals surface area contributed by atoms with E-state index in [2.05, 4.69) is 32.2 Å². The molecular weight excluding hydrogens is 262 g/mol. The summed E-state index contributed by atoms with van der Waals surface area (Å²) < 4.78 is 5.38. The summed E-state index contributed by atoms with van der Waals surface area (Å²) in [5, 5.41) is 3.52. The number of esters is 1. The molecule has 1 N–H and O–H groups in total. The van der Waals surface area contributed by atoms with Crippen LogP contribution in [-0.4, -0.2) is 18.1 Å². The van der Waals surface area contributed by atoms with Crippen molar-refractivity contribution in [1.82, 2.24) is 0 Å². The number of carbonyl (C=O) groups is 1. The summed E-state index contributed by atoms with van der Waals surface area (Å²) in [7, 11) is 0. The monoisotopic (exact) mass is 289 g/mol. The third-order valence-electron chi connectivity index (χ3n) is 4.85. The predicted octanol–water partition coefficient (Wildman–Crippen LogP) is 4.16. The molecule has 1 fully saturated rings. The number of rotatable bonds is 4. The molecule has 0 radical (unpaired) electrons. The van der Waals surface area contributed by atoms with E-state index in [1.165, 1.54) is 0 Å². The minimum atomic E-state index is -0.575. The molecule has 3 unspecified atom stereocenters. The zero-order valence-electron chi connectivity index (χ0n) is 13.6. The van der Waals surface area contributed by atoms with Crippen LogP contribution in [0.25, 0.3) is 0 Å². The quantitative estimate of drug-likeness (QED) is 0.846. The first-order chi connectivity index (χ1) is 9.98. The Morgan fingerprint density at radius 1 is 1.33 bits per heavy atom. The molecule has 0 heterocycles. The Kier molecular flexibility index (Phi) is 4.92. The molecule has 1 aliphatic rings. The van der Waals surface area contributed by atoms with Gasteiger partial charge in [-0.1, -0.05) is 32.0 Å². The van der Waals surface area contributed by atoms with Crippen LogP contribution in [0.5, 0.6) is 0 Å². The number of aryl methyl sites for hydroxylation is 1. The van der Waals surface area contributed by atoms with E-state index in [4.69, 9.17) is 4.74 Å². The van der Waals surface area contributed by atoms with Crippen molar-refractivity contribution in [3.05, 3.63) is 29.8 Å². The van der Waals surface area contributed by atoms with Crippen molar-refractivity contribution in [2.75, 3.05) is 11.9 Å². The fourth-order valence-corrected chi connectivity index (χ4v) is 3.20. The first-order valence-corrected chi connectivity index (χ1v) is 7.99. The number of nitrogens with one attached hydrogen (secondary N) is 1. The summed E-state index contributed by atoms with van der Waals surface area (Å²) in [6, 6.07) is 8.13. The highest BCUT2D eigenvalue weighted by Crippen LogP contribution is 2.39. The zero-order valence-corrected chi connectivity index (χ0v) is 13.6. The van der Waals surface area contributed by atoms with Crippen molar-refractivity contribution >= 4 is 11.7 Å². The Balaban J connectivity index is 2.28. The minimum absolute atomic E-state index is 0.105. The van der Waals surface area contributed by atoms with E-state index in [0.29, 0.717) is 18.4 Å². The lowest BCUT2D eigenvalue weighted by atomic mass is 9.71. The number of ether oxygens (including phenoxy) is 1. The second-order valence-electron chi connectivity index (χ2n) is 6.44. The van der Waals surface area contributed by atoms with Crippen molar-refractivity contribution in [2.24, 2.45) is 11.8 Å². The molecule has 2 rings (SSSR count). The second kappa shape index (κ2) is 6.50. The molecule has 116 valence electrons. The van der Waals surface area contributed by atoms with Crippen LogP contribution in [-0.2, 0) is 9.53 Å². The van der Waals surface area contributed by atoms with Gasteiger partial charge in [-0.15, -0.1) is 0 Å². The van der Waals surface area contributed by atoms with Crippen molar-refractivity contribution in [2.45, 2.75) is 52.5 Å². The molecule has 3 atom stereocenters. The highest BCUT2D eigenvalue weighted by molar-refractivity contribution is 5.85. The second-order valence-corrected chi connectivity index (χ2v) is 6.44. The van der Waals surface area contributed by atoms with Gasteiger partial charge in [0, 0.05) is 5.69 Å². The lowest BCUT2D eigenvalue weighted by molar-refractivity contribution is -0.150. The van der Waals surface area contributed by atoms with Gasteiger partial charge in [-0.05, 0) is 56.6 Å². The van der Waals surface area contributed by atoms with Crippen LogP contribution >= 0.6 is 0 Å². The van der Waals surface area contributed by atoms with E-state index in [1.54, 1.807) is 0 Å². The Hall–Kier alpha value is -1.51. The molecule has 0 saturated heterocycles. The molecule has 3 nitrogen and oxygen atoms in total. The molecule has 1 aromatic carbocycles. The highest BCUT2D eigenvalue weighted by atomic mass is 16.5. The van der Waals surface area contributed by atoms with Crippen LogP contribution in [0.15, 0.2) is 24.3 Å². The Morgan fingerprint density at radius 3 is 2.67 bits per heavy atom. The number of hydrogen-bond acceptors (Lipinski definition) is 3. The average Bonchev–Trinajstić information content (AvgIpc) is 2.46. The maximum atomic E-state index is 12.6. The molecule has 0 aromatic heterocycles. The van der Waals surface area contributed by atoms with Gasteiger partial charge in [-0.2, -0.15) is 0 Å². The van der Waals surface area contributed by atoms with Crippen LogP contribution in [0.3, 0.4) is 0 Å². The molecule has 21 heavy (non-hydrogen) atoms. The summed E-state index contributed by atoms with van der Waals surface area (Å²) >= 11 is 0. The standard InChI is InChI=1S/C18H27NO2/c1-5-21-17(20)18(11-10-13(2)15(4)12-18)19-16-9-7-6-8-14(16)3/h6-9,13,15,19H,5,10-12H2,1-4H3. The van der Waals surface area contributed by atoms with Gasteiger partial charge in [0.2, 0.25) is 0 Å². The summed E-state index contributed by atoms with van der Waals surface area (Å²) in [6.07, 6.45) is 2.73. The number of anilines is 1. The number of carbonyl (C=O) groups excluding carboxylic acids is 1. The van der Waals surface area contributed by atoms with E-state index < -0.39 is 5.54 Å². The van der Waals surface area contributed by atoms with Crippen LogP contribution in [0.4, 0.5) is 5.69 Å².